The van der Waals surface area contributed by atoms with Gasteiger partial charge in [0.1, 0.15) is 12.4 Å². The normalized spacial score (nSPS) is 16.8. The molecule has 0 spiro atoms. The van der Waals surface area contributed by atoms with Crippen LogP contribution in [0.5, 0.6) is 17.2 Å². The molecule has 1 saturated heterocycles. The maximum absolute atomic E-state index is 13.1. The number of carbonyl (C=O) groups is 1. The number of nitrogens with zero attached hydrogens (tertiary/aromatic N) is 3. The second kappa shape index (κ2) is 12.2. The van der Waals surface area contributed by atoms with Crippen LogP contribution in [-0.2, 0) is 24.3 Å². The lowest BCUT2D eigenvalue weighted by molar-refractivity contribution is -0.131. The van der Waals surface area contributed by atoms with Crippen LogP contribution in [-0.4, -0.2) is 92.4 Å². The van der Waals surface area contributed by atoms with E-state index in [0.29, 0.717) is 44.0 Å². The first-order valence-electron chi connectivity index (χ1n) is 12.4. The van der Waals surface area contributed by atoms with Gasteiger partial charge in [-0.15, -0.1) is 0 Å². The van der Waals surface area contributed by atoms with Crippen molar-refractivity contribution in [1.82, 2.24) is 14.7 Å². The predicted octanol–water partition coefficient (Wildman–Crippen LogP) is 2.17. The number of ether oxygens (including phenoxy) is 3. The summed E-state index contributed by atoms with van der Waals surface area (Å²) in [5, 5.41) is 9.14. The molecule has 190 valence electrons. The molecule has 0 aromatic heterocycles. The van der Waals surface area contributed by atoms with Crippen LogP contribution in [0.1, 0.15) is 23.1 Å². The minimum Gasteiger partial charge on any atom is -0.493 e. The van der Waals surface area contributed by atoms with E-state index in [-0.39, 0.29) is 12.5 Å². The summed E-state index contributed by atoms with van der Waals surface area (Å²) >= 11 is 0. The number of β-amino-alcohol motifs (C(OH)–C–C–N with tert-alkyl or cyclic N) is 1. The molecule has 4 rings (SSSR count). The second-order valence-electron chi connectivity index (χ2n) is 9.14. The van der Waals surface area contributed by atoms with Crippen LogP contribution in [0.25, 0.3) is 0 Å². The van der Waals surface area contributed by atoms with E-state index >= 15 is 0 Å². The molecule has 8 nitrogen and oxygen atoms in total. The first-order valence-corrected chi connectivity index (χ1v) is 12.4. The summed E-state index contributed by atoms with van der Waals surface area (Å²) in [4.78, 5) is 19.7. The molecule has 1 amide bonds. The smallest absolute Gasteiger partial charge is 0.223 e. The highest BCUT2D eigenvalue weighted by Gasteiger charge is 2.21. The number of aryl methyl sites for hydroxylation is 1. The molecule has 0 aliphatic carbocycles. The van der Waals surface area contributed by atoms with Crippen LogP contribution in [0, 0.1) is 0 Å². The Morgan fingerprint density at radius 3 is 2.43 bits per heavy atom. The maximum atomic E-state index is 13.1. The maximum Gasteiger partial charge on any atom is 0.223 e. The number of methoxy groups -OCH3 is 2. The fourth-order valence-corrected chi connectivity index (χ4v) is 4.78. The van der Waals surface area contributed by atoms with Crippen LogP contribution in [0.15, 0.2) is 36.4 Å². The number of hydrogen-bond donors (Lipinski definition) is 1. The average molecular weight is 484 g/mol. The Morgan fingerprint density at radius 2 is 1.69 bits per heavy atom. The zero-order chi connectivity index (χ0) is 24.6. The van der Waals surface area contributed by atoms with Gasteiger partial charge in [-0.25, -0.2) is 0 Å². The van der Waals surface area contributed by atoms with Crippen LogP contribution in [0.4, 0.5) is 0 Å². The van der Waals surface area contributed by atoms with Gasteiger partial charge in [0.05, 0.1) is 27.4 Å². The molecule has 0 unspecified atom stereocenters. The summed E-state index contributed by atoms with van der Waals surface area (Å²) in [7, 11) is 3.23. The van der Waals surface area contributed by atoms with E-state index in [4.69, 9.17) is 19.3 Å². The number of aliphatic hydroxyl groups is 1. The Hall–Kier alpha value is -2.81. The van der Waals surface area contributed by atoms with Gasteiger partial charge >= 0.3 is 0 Å². The summed E-state index contributed by atoms with van der Waals surface area (Å²) in [6.45, 7) is 7.46. The third-order valence-electron chi connectivity index (χ3n) is 6.82. The van der Waals surface area contributed by atoms with E-state index in [1.165, 1.54) is 5.56 Å². The van der Waals surface area contributed by atoms with Crippen molar-refractivity contribution in [3.05, 3.63) is 53.1 Å². The van der Waals surface area contributed by atoms with E-state index in [9.17, 15) is 4.79 Å². The zero-order valence-corrected chi connectivity index (χ0v) is 20.9. The number of piperazine rings is 1. The molecule has 2 heterocycles. The highest BCUT2D eigenvalue weighted by atomic mass is 16.5. The minimum absolute atomic E-state index is 0.127. The molecule has 35 heavy (non-hydrogen) atoms. The van der Waals surface area contributed by atoms with Gasteiger partial charge in [0.25, 0.3) is 0 Å². The van der Waals surface area contributed by atoms with Gasteiger partial charge in [-0.1, -0.05) is 12.1 Å². The molecular formula is C27H37N3O5. The first kappa shape index (κ1) is 25.3. The molecule has 2 aliphatic heterocycles. The fraction of sp³-hybridized carbons (Fsp3) is 0.519. The van der Waals surface area contributed by atoms with Gasteiger partial charge in [0.2, 0.25) is 5.91 Å². The van der Waals surface area contributed by atoms with Crippen molar-refractivity contribution in [3.8, 4) is 17.2 Å². The van der Waals surface area contributed by atoms with Crippen LogP contribution in [0.3, 0.4) is 0 Å². The highest BCUT2D eigenvalue weighted by Crippen LogP contribution is 2.29. The summed E-state index contributed by atoms with van der Waals surface area (Å²) in [6, 6.07) is 12.2. The van der Waals surface area contributed by atoms with E-state index in [1.54, 1.807) is 14.2 Å². The van der Waals surface area contributed by atoms with Crippen molar-refractivity contribution in [2.75, 3.05) is 66.7 Å². The number of aliphatic hydroxyl groups excluding tert-OH is 1. The third kappa shape index (κ3) is 6.66. The molecule has 0 atom stereocenters. The van der Waals surface area contributed by atoms with E-state index in [1.807, 2.05) is 29.2 Å². The Labute approximate surface area is 208 Å². The quantitative estimate of drug-likeness (QED) is 0.586. The second-order valence-corrected chi connectivity index (χ2v) is 9.14. The number of fused-ring (bicyclic) bond motifs is 1. The van der Waals surface area contributed by atoms with Crippen molar-refractivity contribution >= 4 is 5.91 Å². The molecule has 0 saturated carbocycles. The van der Waals surface area contributed by atoms with Crippen molar-refractivity contribution in [1.29, 1.82) is 0 Å². The number of carbonyl (C=O) groups excluding carboxylic acids is 1. The molecule has 1 fully saturated rings. The van der Waals surface area contributed by atoms with E-state index in [0.717, 1.165) is 56.1 Å². The van der Waals surface area contributed by atoms with E-state index < -0.39 is 0 Å². The lowest BCUT2D eigenvalue weighted by Gasteiger charge is -2.34. The van der Waals surface area contributed by atoms with Gasteiger partial charge in [-0.05, 0) is 41.8 Å². The molecule has 0 bridgehead atoms. The molecular weight excluding hydrogens is 446 g/mol. The Kier molecular flexibility index (Phi) is 8.84. The number of amides is 1. The van der Waals surface area contributed by atoms with Gasteiger partial charge in [0, 0.05) is 57.8 Å². The number of benzene rings is 2. The third-order valence-corrected chi connectivity index (χ3v) is 6.82. The molecule has 1 N–H and O–H groups in total. The summed E-state index contributed by atoms with van der Waals surface area (Å²) in [5.41, 5.74) is 3.35. The number of hydrogen-bond acceptors (Lipinski definition) is 7. The Bertz CT molecular complexity index is 991. The van der Waals surface area contributed by atoms with Gasteiger partial charge in [-0.2, -0.15) is 0 Å². The van der Waals surface area contributed by atoms with Gasteiger partial charge < -0.3 is 24.2 Å². The topological polar surface area (TPSA) is 74.7 Å². The minimum atomic E-state index is 0.127. The average Bonchev–Trinajstić information content (AvgIpc) is 3.10. The molecule has 2 aromatic rings. The van der Waals surface area contributed by atoms with Crippen LogP contribution >= 0.6 is 0 Å². The first-order chi connectivity index (χ1) is 17.1. The van der Waals surface area contributed by atoms with Gasteiger partial charge in [0.15, 0.2) is 11.5 Å². The van der Waals surface area contributed by atoms with Gasteiger partial charge in [-0.3, -0.25) is 14.6 Å². The van der Waals surface area contributed by atoms with Crippen molar-refractivity contribution < 1.29 is 24.1 Å². The SMILES string of the molecule is COc1ccc(CCC(=O)N2CCOc3ccc(CN4CCN(CCO)CC4)cc3C2)cc1OC. The summed E-state index contributed by atoms with van der Waals surface area (Å²) in [5.74, 6) is 2.36. The Morgan fingerprint density at radius 1 is 0.943 bits per heavy atom. The Balaban J connectivity index is 1.35. The van der Waals surface area contributed by atoms with Crippen molar-refractivity contribution in [2.45, 2.75) is 25.9 Å². The zero-order valence-electron chi connectivity index (χ0n) is 20.9. The summed E-state index contributed by atoms with van der Waals surface area (Å²) < 4.78 is 16.7. The lowest BCUT2D eigenvalue weighted by atomic mass is 10.1. The highest BCUT2D eigenvalue weighted by molar-refractivity contribution is 5.76. The van der Waals surface area contributed by atoms with Crippen LogP contribution in [0.2, 0.25) is 0 Å². The molecule has 0 radical (unpaired) electrons. The predicted molar refractivity (Wildman–Crippen MR) is 134 cm³/mol. The standard InChI is InChI=1S/C27H37N3O5/c1-33-25-7-3-21(18-26(25)34-2)5-8-27(32)30-14-16-35-24-6-4-22(17-23(24)20-30)19-29-11-9-28(10-12-29)13-15-31/h3-4,6-7,17-18,31H,5,8-16,19-20H2,1-2H3. The lowest BCUT2D eigenvalue weighted by Crippen LogP contribution is -2.46. The monoisotopic (exact) mass is 483 g/mol. The molecule has 8 heteroatoms. The van der Waals surface area contributed by atoms with Crippen LogP contribution < -0.4 is 14.2 Å². The number of rotatable bonds is 9. The van der Waals surface area contributed by atoms with Crippen molar-refractivity contribution in [3.63, 3.8) is 0 Å². The molecule has 2 aliphatic rings. The summed E-state index contributed by atoms with van der Waals surface area (Å²) in [6.07, 6.45) is 1.08. The van der Waals surface area contributed by atoms with Crippen molar-refractivity contribution in [2.24, 2.45) is 0 Å². The van der Waals surface area contributed by atoms with E-state index in [2.05, 4.69) is 21.9 Å². The largest absolute Gasteiger partial charge is 0.493 e. The molecule has 2 aromatic carbocycles. The fourth-order valence-electron chi connectivity index (χ4n) is 4.78.